The van der Waals surface area contributed by atoms with Gasteiger partial charge < -0.3 is 14.6 Å². The highest BCUT2D eigenvalue weighted by molar-refractivity contribution is 5.92. The summed E-state index contributed by atoms with van der Waals surface area (Å²) >= 11 is 0. The Morgan fingerprint density at radius 1 is 1.19 bits per heavy atom. The molecule has 32 heavy (non-hydrogen) atoms. The summed E-state index contributed by atoms with van der Waals surface area (Å²) in [4.78, 5) is 24.4. The van der Waals surface area contributed by atoms with Gasteiger partial charge in [-0.1, -0.05) is 30.3 Å². The van der Waals surface area contributed by atoms with Crippen LogP contribution in [0.15, 0.2) is 53.5 Å². The summed E-state index contributed by atoms with van der Waals surface area (Å²) in [6.45, 7) is 4.64. The minimum absolute atomic E-state index is 0.0525. The maximum atomic E-state index is 14.8. The van der Waals surface area contributed by atoms with E-state index in [0.717, 1.165) is 16.3 Å². The number of hydrogen-bond acceptors (Lipinski definition) is 5. The van der Waals surface area contributed by atoms with E-state index in [-0.39, 0.29) is 23.4 Å². The third kappa shape index (κ3) is 5.12. The van der Waals surface area contributed by atoms with Gasteiger partial charge in [-0.15, -0.1) is 5.10 Å². The standard InChI is InChI=1S/C23H24FN3O5/c1-3-26-21(15-32-14-16-8-6-5-7-9-16)25-27(23(26)30)20-12-17(10-11-31-4-2)18(22(28)29)13-19(20)24/h5-13H,3-4,14-15H2,1-2H3,(H,28,29). The molecule has 0 aliphatic heterocycles. The van der Waals surface area contributed by atoms with Crippen LogP contribution in [-0.2, 0) is 29.2 Å². The molecule has 0 unspecified atom stereocenters. The molecule has 1 heterocycles. The lowest BCUT2D eigenvalue weighted by Crippen LogP contribution is -2.25. The molecule has 0 spiro atoms. The molecule has 1 aromatic heterocycles. The molecule has 1 N–H and O–H groups in total. The van der Waals surface area contributed by atoms with Crippen LogP contribution in [0.5, 0.6) is 0 Å². The predicted octanol–water partition coefficient (Wildman–Crippen LogP) is 3.62. The number of carboxylic acid groups (broad SMARTS) is 1. The summed E-state index contributed by atoms with van der Waals surface area (Å²) in [6.07, 6.45) is 2.72. The van der Waals surface area contributed by atoms with Crippen molar-refractivity contribution in [3.63, 3.8) is 0 Å². The van der Waals surface area contributed by atoms with Gasteiger partial charge in [-0.3, -0.25) is 4.57 Å². The molecule has 2 aromatic carbocycles. The second-order valence-corrected chi connectivity index (χ2v) is 6.79. The number of hydrogen-bond donors (Lipinski definition) is 1. The van der Waals surface area contributed by atoms with Crippen molar-refractivity contribution in [2.24, 2.45) is 0 Å². The van der Waals surface area contributed by atoms with Crippen LogP contribution in [0.3, 0.4) is 0 Å². The molecule has 3 rings (SSSR count). The predicted molar refractivity (Wildman–Crippen MR) is 116 cm³/mol. The van der Waals surface area contributed by atoms with E-state index in [1.165, 1.54) is 23.0 Å². The molecule has 168 valence electrons. The Morgan fingerprint density at radius 2 is 1.94 bits per heavy atom. The van der Waals surface area contributed by atoms with Gasteiger partial charge in [-0.25, -0.2) is 14.0 Å². The first-order valence-corrected chi connectivity index (χ1v) is 10.1. The summed E-state index contributed by atoms with van der Waals surface area (Å²) in [5.41, 5.74) is 0.192. The van der Waals surface area contributed by atoms with Crippen LogP contribution in [0.2, 0.25) is 0 Å². The first kappa shape index (κ1) is 23.0. The number of carbonyl (C=O) groups is 1. The normalized spacial score (nSPS) is 11.2. The van der Waals surface area contributed by atoms with E-state index in [1.807, 2.05) is 30.3 Å². The minimum Gasteiger partial charge on any atom is -0.501 e. The average molecular weight is 441 g/mol. The number of rotatable bonds is 10. The molecule has 0 saturated heterocycles. The van der Waals surface area contributed by atoms with Crippen LogP contribution < -0.4 is 5.69 Å². The highest BCUT2D eigenvalue weighted by Gasteiger charge is 2.20. The molecule has 9 heteroatoms. The highest BCUT2D eigenvalue weighted by Crippen LogP contribution is 2.20. The van der Waals surface area contributed by atoms with Crippen molar-refractivity contribution in [2.45, 2.75) is 33.6 Å². The second kappa shape index (κ2) is 10.5. The molecule has 0 aliphatic carbocycles. The van der Waals surface area contributed by atoms with Gasteiger partial charge in [-0.2, -0.15) is 4.68 Å². The summed E-state index contributed by atoms with van der Waals surface area (Å²) < 4.78 is 27.9. The SMILES string of the molecule is CCOC=Cc1cc(-n2nc(COCc3ccccc3)n(CC)c2=O)c(F)cc1C(=O)O. The first-order chi connectivity index (χ1) is 15.5. The Balaban J connectivity index is 1.95. The lowest BCUT2D eigenvalue weighted by molar-refractivity contribution is 0.0696. The van der Waals surface area contributed by atoms with Crippen molar-refractivity contribution in [3.05, 3.63) is 87.5 Å². The van der Waals surface area contributed by atoms with Gasteiger partial charge in [0.05, 0.1) is 25.0 Å². The fourth-order valence-corrected chi connectivity index (χ4v) is 3.13. The fraction of sp³-hybridized carbons (Fsp3) is 0.261. The smallest absolute Gasteiger partial charge is 0.350 e. The molecule has 0 radical (unpaired) electrons. The zero-order chi connectivity index (χ0) is 23.1. The second-order valence-electron chi connectivity index (χ2n) is 6.79. The van der Waals surface area contributed by atoms with Gasteiger partial charge in [0.2, 0.25) is 0 Å². The number of aromatic nitrogens is 3. The molecule has 8 nitrogen and oxygen atoms in total. The molecule has 0 fully saturated rings. The van der Waals surface area contributed by atoms with Gasteiger partial charge in [0.15, 0.2) is 5.82 Å². The Morgan fingerprint density at radius 3 is 2.59 bits per heavy atom. The van der Waals surface area contributed by atoms with Crippen molar-refractivity contribution in [1.82, 2.24) is 14.3 Å². The molecule has 0 atom stereocenters. The van der Waals surface area contributed by atoms with E-state index >= 15 is 0 Å². The summed E-state index contributed by atoms with van der Waals surface area (Å²) in [5.74, 6) is -1.84. The number of aromatic carboxylic acids is 1. The molecule has 0 saturated carbocycles. The number of nitrogens with zero attached hydrogens (tertiary/aromatic N) is 3. The van der Waals surface area contributed by atoms with E-state index in [0.29, 0.717) is 25.6 Å². The van der Waals surface area contributed by atoms with Gasteiger partial charge in [0.25, 0.3) is 0 Å². The third-order valence-corrected chi connectivity index (χ3v) is 4.69. The topological polar surface area (TPSA) is 95.6 Å². The van der Waals surface area contributed by atoms with Crippen LogP contribution in [0.1, 0.15) is 41.2 Å². The Kier molecular flexibility index (Phi) is 7.56. The number of halogens is 1. The van der Waals surface area contributed by atoms with Crippen molar-refractivity contribution in [2.75, 3.05) is 6.61 Å². The number of carboxylic acids is 1. The maximum Gasteiger partial charge on any atom is 0.350 e. The van der Waals surface area contributed by atoms with Crippen LogP contribution in [0, 0.1) is 5.82 Å². The van der Waals surface area contributed by atoms with Crippen molar-refractivity contribution < 1.29 is 23.8 Å². The van der Waals surface area contributed by atoms with Gasteiger partial charge >= 0.3 is 11.7 Å². The average Bonchev–Trinajstić information content (AvgIpc) is 3.10. The Labute approximate surface area is 184 Å². The molecule has 3 aromatic rings. The largest absolute Gasteiger partial charge is 0.501 e. The minimum atomic E-state index is -1.30. The van der Waals surface area contributed by atoms with Crippen LogP contribution in [-0.4, -0.2) is 32.0 Å². The molecular formula is C23H24FN3O5. The summed E-state index contributed by atoms with van der Waals surface area (Å²) in [6, 6.07) is 11.7. The molecule has 0 amide bonds. The van der Waals surface area contributed by atoms with Crippen LogP contribution >= 0.6 is 0 Å². The lowest BCUT2D eigenvalue weighted by Gasteiger charge is -2.07. The van der Waals surface area contributed by atoms with E-state index < -0.39 is 17.5 Å². The summed E-state index contributed by atoms with van der Waals surface area (Å²) in [7, 11) is 0. The van der Waals surface area contributed by atoms with Gasteiger partial charge in [-0.05, 0) is 43.2 Å². The van der Waals surface area contributed by atoms with Gasteiger partial charge in [0, 0.05) is 6.54 Å². The van der Waals surface area contributed by atoms with E-state index in [2.05, 4.69) is 5.10 Å². The fourth-order valence-electron chi connectivity index (χ4n) is 3.13. The van der Waals surface area contributed by atoms with Crippen molar-refractivity contribution >= 4 is 12.0 Å². The van der Waals surface area contributed by atoms with Gasteiger partial charge in [0.1, 0.15) is 18.1 Å². The third-order valence-electron chi connectivity index (χ3n) is 4.69. The van der Waals surface area contributed by atoms with Crippen LogP contribution in [0.4, 0.5) is 4.39 Å². The maximum absolute atomic E-state index is 14.8. The van der Waals surface area contributed by atoms with E-state index in [4.69, 9.17) is 9.47 Å². The van der Waals surface area contributed by atoms with E-state index in [9.17, 15) is 19.1 Å². The summed E-state index contributed by atoms with van der Waals surface area (Å²) in [5, 5.41) is 13.6. The zero-order valence-electron chi connectivity index (χ0n) is 17.8. The molecular weight excluding hydrogens is 417 g/mol. The molecule has 0 bridgehead atoms. The van der Waals surface area contributed by atoms with Crippen molar-refractivity contribution in [1.29, 1.82) is 0 Å². The van der Waals surface area contributed by atoms with E-state index in [1.54, 1.807) is 13.8 Å². The zero-order valence-corrected chi connectivity index (χ0v) is 17.8. The first-order valence-electron chi connectivity index (χ1n) is 10.1. The number of benzene rings is 2. The van der Waals surface area contributed by atoms with Crippen LogP contribution in [0.25, 0.3) is 11.8 Å². The lowest BCUT2D eigenvalue weighted by atomic mass is 10.1. The molecule has 0 aliphatic rings. The van der Waals surface area contributed by atoms with Crippen molar-refractivity contribution in [3.8, 4) is 5.69 Å². The quantitative estimate of drug-likeness (QED) is 0.483. The Bertz CT molecular complexity index is 1170. The highest BCUT2D eigenvalue weighted by atomic mass is 19.1. The number of ether oxygens (including phenoxy) is 2. The Hall–Kier alpha value is -3.72. The monoisotopic (exact) mass is 441 g/mol.